The van der Waals surface area contributed by atoms with Crippen molar-refractivity contribution in [2.24, 2.45) is 0 Å². The van der Waals surface area contributed by atoms with Crippen LogP contribution in [-0.4, -0.2) is 46.9 Å². The fourth-order valence-corrected chi connectivity index (χ4v) is 4.33. The Morgan fingerprint density at radius 1 is 1.16 bits per heavy atom. The molecule has 0 bridgehead atoms. The Morgan fingerprint density at radius 2 is 1.88 bits per heavy atom. The monoisotopic (exact) mass is 498 g/mol. The van der Waals surface area contributed by atoms with Crippen LogP contribution in [0.2, 0.25) is 10.0 Å². The number of ketones is 1. The number of halogens is 2. The minimum atomic E-state index is -0.901. The lowest BCUT2D eigenvalue weighted by Gasteiger charge is -2.17. The maximum absolute atomic E-state index is 12.7. The zero-order valence-corrected chi connectivity index (χ0v) is 21.0. The molecule has 32 heavy (non-hydrogen) atoms. The van der Waals surface area contributed by atoms with Crippen LogP contribution in [0, 0.1) is 13.8 Å². The van der Waals surface area contributed by atoms with Gasteiger partial charge < -0.3 is 14.6 Å². The van der Waals surface area contributed by atoms with E-state index in [9.17, 15) is 14.4 Å². The van der Waals surface area contributed by atoms with Crippen molar-refractivity contribution in [3.8, 4) is 0 Å². The van der Waals surface area contributed by atoms with E-state index in [4.69, 9.17) is 27.9 Å². The van der Waals surface area contributed by atoms with Gasteiger partial charge in [-0.15, -0.1) is 0 Å². The zero-order valence-electron chi connectivity index (χ0n) is 18.7. The van der Waals surface area contributed by atoms with Gasteiger partial charge in [0.1, 0.15) is 6.04 Å². The molecule has 2 aromatic rings. The molecule has 1 unspecified atom stereocenters. The molecule has 0 aliphatic carbocycles. The van der Waals surface area contributed by atoms with Gasteiger partial charge in [-0.25, -0.2) is 4.79 Å². The van der Waals surface area contributed by atoms with Crippen LogP contribution < -0.4 is 5.32 Å². The Hall–Kier alpha value is -1.96. The summed E-state index contributed by atoms with van der Waals surface area (Å²) < 4.78 is 7.37. The third-order valence-corrected chi connectivity index (χ3v) is 6.23. The van der Waals surface area contributed by atoms with Crippen molar-refractivity contribution in [2.75, 3.05) is 18.6 Å². The summed E-state index contributed by atoms with van der Waals surface area (Å²) in [6, 6.07) is 5.41. The number of amides is 1. The number of nitrogens with one attached hydrogen (secondary N) is 1. The van der Waals surface area contributed by atoms with Crippen LogP contribution >= 0.6 is 35.0 Å². The lowest BCUT2D eigenvalue weighted by molar-refractivity contribution is -0.144. The van der Waals surface area contributed by atoms with Crippen LogP contribution in [-0.2, 0) is 16.1 Å². The molecular formula is C23H28Cl2N2O4S. The van der Waals surface area contributed by atoms with Gasteiger partial charge in [0, 0.05) is 28.5 Å². The average molecular weight is 499 g/mol. The fourth-order valence-electron chi connectivity index (χ4n) is 3.36. The Bertz CT molecular complexity index is 991. The maximum atomic E-state index is 12.7. The van der Waals surface area contributed by atoms with Crippen LogP contribution in [0.1, 0.15) is 51.9 Å². The Kier molecular flexibility index (Phi) is 10.1. The first-order valence-electron chi connectivity index (χ1n) is 10.3. The number of nitrogens with zero attached hydrogens (tertiary/aromatic N) is 1. The molecule has 1 aromatic heterocycles. The number of aromatic nitrogens is 1. The highest BCUT2D eigenvalue weighted by atomic mass is 35.5. The van der Waals surface area contributed by atoms with Gasteiger partial charge in [0.2, 0.25) is 5.78 Å². The number of benzene rings is 1. The van der Waals surface area contributed by atoms with E-state index in [1.165, 1.54) is 23.9 Å². The lowest BCUT2D eigenvalue weighted by atomic mass is 10.1. The molecule has 0 saturated heterocycles. The van der Waals surface area contributed by atoms with E-state index in [1.807, 2.05) is 26.2 Å². The molecular weight excluding hydrogens is 471 g/mol. The summed E-state index contributed by atoms with van der Waals surface area (Å²) in [5, 5.41) is 3.25. The molecule has 1 amide bonds. The number of hydrogen-bond acceptors (Lipinski definition) is 5. The molecule has 2 rings (SSSR count). The molecule has 0 spiro atoms. The van der Waals surface area contributed by atoms with E-state index in [2.05, 4.69) is 16.8 Å². The van der Waals surface area contributed by atoms with Crippen LogP contribution in [0.15, 0.2) is 24.3 Å². The summed E-state index contributed by atoms with van der Waals surface area (Å²) >= 11 is 13.5. The number of Topliss-reactive ketones (excluding diaryl/α,β-unsaturated/α-hetero) is 1. The molecule has 174 valence electrons. The first kappa shape index (κ1) is 26.3. The van der Waals surface area contributed by atoms with Gasteiger partial charge in [0.25, 0.3) is 5.91 Å². The Balaban J connectivity index is 2.07. The first-order chi connectivity index (χ1) is 15.2. The van der Waals surface area contributed by atoms with Gasteiger partial charge >= 0.3 is 5.97 Å². The number of aryl methyl sites for hydroxylation is 1. The molecule has 0 radical (unpaired) electrons. The third-order valence-electron chi connectivity index (χ3n) is 5.04. The van der Waals surface area contributed by atoms with Gasteiger partial charge in [0.05, 0.1) is 10.6 Å². The van der Waals surface area contributed by atoms with Crippen molar-refractivity contribution < 1.29 is 19.1 Å². The highest BCUT2D eigenvalue weighted by molar-refractivity contribution is 7.98. The van der Waals surface area contributed by atoms with E-state index >= 15 is 0 Å². The predicted octanol–water partition coefficient (Wildman–Crippen LogP) is 5.10. The molecule has 1 aromatic carbocycles. The summed E-state index contributed by atoms with van der Waals surface area (Å²) in [4.78, 5) is 38.0. The molecule has 1 heterocycles. The van der Waals surface area contributed by atoms with Crippen molar-refractivity contribution in [2.45, 2.75) is 46.2 Å². The van der Waals surface area contributed by atoms with Crippen molar-refractivity contribution in [3.05, 3.63) is 56.8 Å². The average Bonchev–Trinajstić information content (AvgIpc) is 3.03. The quantitative estimate of drug-likeness (QED) is 0.344. The van der Waals surface area contributed by atoms with Crippen LogP contribution in [0.3, 0.4) is 0 Å². The number of esters is 1. The lowest BCUT2D eigenvalue weighted by Crippen LogP contribution is -2.42. The summed E-state index contributed by atoms with van der Waals surface area (Å²) in [5.74, 6) is -0.817. The molecule has 0 saturated carbocycles. The van der Waals surface area contributed by atoms with Crippen LogP contribution in [0.25, 0.3) is 0 Å². The van der Waals surface area contributed by atoms with Crippen LogP contribution in [0.4, 0.5) is 0 Å². The van der Waals surface area contributed by atoms with Crippen LogP contribution in [0.5, 0.6) is 0 Å². The standard InChI is InChI=1S/C23H28Cl2N2O4S/c1-5-9-27-14(2)11-18(15(27)3)21(28)13-31-23(30)20(8-10-32-4)26-22(29)17-7-6-16(24)12-19(17)25/h6-7,11-12,20H,5,8-10,13H2,1-4H3,(H,26,29). The largest absolute Gasteiger partial charge is 0.456 e. The van der Waals surface area contributed by atoms with Gasteiger partial charge in [-0.1, -0.05) is 30.1 Å². The second kappa shape index (κ2) is 12.3. The highest BCUT2D eigenvalue weighted by Gasteiger charge is 2.25. The minimum Gasteiger partial charge on any atom is -0.456 e. The summed E-state index contributed by atoms with van der Waals surface area (Å²) in [6.07, 6.45) is 3.21. The Labute approximate surface area is 203 Å². The minimum absolute atomic E-state index is 0.185. The number of carbonyl (C=O) groups is 3. The van der Waals surface area contributed by atoms with Crippen molar-refractivity contribution in [3.63, 3.8) is 0 Å². The third kappa shape index (κ3) is 6.77. The SMILES string of the molecule is CCCn1c(C)cc(C(=O)COC(=O)C(CCSC)NC(=O)c2ccc(Cl)cc2Cl)c1C. The molecule has 9 heteroatoms. The second-order valence-electron chi connectivity index (χ2n) is 7.40. The molecule has 0 fully saturated rings. The van der Waals surface area contributed by atoms with Crippen molar-refractivity contribution in [1.29, 1.82) is 0 Å². The van der Waals surface area contributed by atoms with Gasteiger partial charge in [-0.2, -0.15) is 11.8 Å². The smallest absolute Gasteiger partial charge is 0.329 e. The van der Waals surface area contributed by atoms with E-state index in [-0.39, 0.29) is 23.0 Å². The number of hydrogen-bond donors (Lipinski definition) is 1. The van der Waals surface area contributed by atoms with Crippen molar-refractivity contribution in [1.82, 2.24) is 9.88 Å². The summed E-state index contributed by atoms with van der Waals surface area (Å²) in [6.45, 7) is 6.34. The predicted molar refractivity (Wildman–Crippen MR) is 130 cm³/mol. The fraction of sp³-hybridized carbons (Fsp3) is 0.435. The zero-order chi connectivity index (χ0) is 23.8. The van der Waals surface area contributed by atoms with E-state index < -0.39 is 17.9 Å². The summed E-state index contributed by atoms with van der Waals surface area (Å²) in [5.41, 5.74) is 2.60. The molecule has 1 atom stereocenters. The topological polar surface area (TPSA) is 77.4 Å². The number of ether oxygens (including phenoxy) is 1. The van der Waals surface area contributed by atoms with E-state index in [0.29, 0.717) is 22.8 Å². The number of carbonyl (C=O) groups excluding carboxylic acids is 3. The molecule has 1 N–H and O–H groups in total. The maximum Gasteiger partial charge on any atom is 0.329 e. The number of thioether (sulfide) groups is 1. The van der Waals surface area contributed by atoms with Gasteiger partial charge in [0.15, 0.2) is 6.61 Å². The highest BCUT2D eigenvalue weighted by Crippen LogP contribution is 2.21. The Morgan fingerprint density at radius 3 is 2.50 bits per heavy atom. The van der Waals surface area contributed by atoms with Gasteiger partial charge in [-0.05, 0) is 63.0 Å². The van der Waals surface area contributed by atoms with E-state index in [0.717, 1.165) is 24.4 Å². The van der Waals surface area contributed by atoms with E-state index in [1.54, 1.807) is 6.07 Å². The number of rotatable bonds is 11. The molecule has 0 aliphatic rings. The normalized spacial score (nSPS) is 11.8. The molecule has 6 nitrogen and oxygen atoms in total. The first-order valence-corrected chi connectivity index (χ1v) is 12.5. The summed E-state index contributed by atoms with van der Waals surface area (Å²) in [7, 11) is 0. The molecule has 0 aliphatic heterocycles. The second-order valence-corrected chi connectivity index (χ2v) is 9.23. The van der Waals surface area contributed by atoms with Crippen molar-refractivity contribution >= 4 is 52.6 Å². The van der Waals surface area contributed by atoms with Gasteiger partial charge in [-0.3, -0.25) is 9.59 Å².